The first-order valence-corrected chi connectivity index (χ1v) is 5.87. The molecule has 1 unspecified atom stereocenters. The molecular weight excluding hydrogens is 256 g/mol. The maximum atomic E-state index is 11.2. The minimum absolute atomic E-state index is 0.333. The van der Waals surface area contributed by atoms with Gasteiger partial charge in [0.2, 0.25) is 0 Å². The standard InChI is InChI=1S/C12H13BrO2/c1-7-2-5-9(10(13)6-7)11(12(14)15)8-3-4-8/h2,5-6,8,11H,3-4H2,1H3,(H,14,15). The van der Waals surface area contributed by atoms with Crippen molar-refractivity contribution in [3.05, 3.63) is 33.8 Å². The SMILES string of the molecule is Cc1ccc(C(C(=O)O)C2CC2)c(Br)c1. The van der Waals surface area contributed by atoms with Crippen LogP contribution in [0.5, 0.6) is 0 Å². The van der Waals surface area contributed by atoms with Gasteiger partial charge in [-0.15, -0.1) is 0 Å². The molecule has 0 bridgehead atoms. The predicted molar refractivity (Wildman–Crippen MR) is 62.0 cm³/mol. The molecule has 0 aliphatic heterocycles. The molecule has 0 spiro atoms. The lowest BCUT2D eigenvalue weighted by Gasteiger charge is -2.13. The summed E-state index contributed by atoms with van der Waals surface area (Å²) in [5.41, 5.74) is 2.06. The molecule has 0 heterocycles. The van der Waals surface area contributed by atoms with E-state index in [1.807, 2.05) is 25.1 Å². The van der Waals surface area contributed by atoms with Crippen molar-refractivity contribution in [2.45, 2.75) is 25.7 Å². The summed E-state index contributed by atoms with van der Waals surface area (Å²) in [6, 6.07) is 5.88. The zero-order valence-electron chi connectivity index (χ0n) is 8.53. The first-order chi connectivity index (χ1) is 7.09. The highest BCUT2D eigenvalue weighted by Gasteiger charge is 2.38. The third-order valence-corrected chi connectivity index (χ3v) is 3.54. The zero-order chi connectivity index (χ0) is 11.0. The highest BCUT2D eigenvalue weighted by atomic mass is 79.9. The fourth-order valence-electron chi connectivity index (χ4n) is 1.90. The van der Waals surface area contributed by atoms with Crippen LogP contribution in [0.2, 0.25) is 0 Å². The molecule has 80 valence electrons. The van der Waals surface area contributed by atoms with Crippen LogP contribution in [0.3, 0.4) is 0 Å². The van der Waals surface area contributed by atoms with Gasteiger partial charge in [-0.3, -0.25) is 4.79 Å². The molecule has 2 rings (SSSR count). The minimum Gasteiger partial charge on any atom is -0.481 e. The Bertz CT molecular complexity index is 397. The molecule has 1 aliphatic rings. The first-order valence-electron chi connectivity index (χ1n) is 5.08. The first kappa shape index (κ1) is 10.7. The minimum atomic E-state index is -0.706. The number of rotatable bonds is 3. The van der Waals surface area contributed by atoms with Crippen LogP contribution in [0, 0.1) is 12.8 Å². The molecule has 2 nitrogen and oxygen atoms in total. The molecule has 1 atom stereocenters. The summed E-state index contributed by atoms with van der Waals surface area (Å²) in [5.74, 6) is -0.705. The van der Waals surface area contributed by atoms with E-state index in [9.17, 15) is 9.90 Å². The second-order valence-corrected chi connectivity index (χ2v) is 5.03. The third-order valence-electron chi connectivity index (χ3n) is 2.85. The van der Waals surface area contributed by atoms with Crippen LogP contribution in [0.15, 0.2) is 22.7 Å². The van der Waals surface area contributed by atoms with Crippen molar-refractivity contribution < 1.29 is 9.90 Å². The van der Waals surface area contributed by atoms with Crippen LogP contribution in [0.1, 0.15) is 29.9 Å². The van der Waals surface area contributed by atoms with Crippen molar-refractivity contribution in [3.63, 3.8) is 0 Å². The van der Waals surface area contributed by atoms with Crippen LogP contribution in [-0.2, 0) is 4.79 Å². The van der Waals surface area contributed by atoms with E-state index in [0.717, 1.165) is 28.4 Å². The number of hydrogen-bond acceptors (Lipinski definition) is 1. The molecule has 3 heteroatoms. The van der Waals surface area contributed by atoms with Gasteiger partial charge in [-0.25, -0.2) is 0 Å². The van der Waals surface area contributed by atoms with Gasteiger partial charge < -0.3 is 5.11 Å². The Morgan fingerprint density at radius 3 is 2.67 bits per heavy atom. The summed E-state index contributed by atoms with van der Waals surface area (Å²) in [4.78, 5) is 11.2. The van der Waals surface area contributed by atoms with E-state index in [2.05, 4.69) is 15.9 Å². The summed E-state index contributed by atoms with van der Waals surface area (Å²) < 4.78 is 0.918. The summed E-state index contributed by atoms with van der Waals surface area (Å²) in [5, 5.41) is 9.21. The van der Waals surface area contributed by atoms with E-state index in [-0.39, 0.29) is 5.92 Å². The molecule has 15 heavy (non-hydrogen) atoms. The number of carboxylic acid groups (broad SMARTS) is 1. The molecule has 1 aromatic rings. The van der Waals surface area contributed by atoms with Crippen LogP contribution < -0.4 is 0 Å². The molecule has 0 saturated heterocycles. The van der Waals surface area contributed by atoms with Gasteiger partial charge in [-0.1, -0.05) is 28.1 Å². The Labute approximate surface area is 97.4 Å². The van der Waals surface area contributed by atoms with Crippen LogP contribution in [-0.4, -0.2) is 11.1 Å². The van der Waals surface area contributed by atoms with Gasteiger partial charge in [0.1, 0.15) is 0 Å². The summed E-state index contributed by atoms with van der Waals surface area (Å²) >= 11 is 3.45. The Morgan fingerprint density at radius 2 is 2.20 bits per heavy atom. The fourth-order valence-corrected chi connectivity index (χ4v) is 2.64. The van der Waals surface area contributed by atoms with E-state index in [0.29, 0.717) is 5.92 Å². The third kappa shape index (κ3) is 2.23. The molecule has 1 saturated carbocycles. The van der Waals surface area contributed by atoms with Crippen molar-refractivity contribution in [3.8, 4) is 0 Å². The normalized spacial score (nSPS) is 17.5. The zero-order valence-corrected chi connectivity index (χ0v) is 10.1. The average Bonchev–Trinajstić information content (AvgIpc) is 2.92. The number of carboxylic acids is 1. The molecule has 1 fully saturated rings. The number of hydrogen-bond donors (Lipinski definition) is 1. The molecule has 0 amide bonds. The van der Waals surface area contributed by atoms with Crippen LogP contribution in [0.25, 0.3) is 0 Å². The maximum Gasteiger partial charge on any atom is 0.311 e. The van der Waals surface area contributed by atoms with E-state index in [1.54, 1.807) is 0 Å². The summed E-state index contributed by atoms with van der Waals surface area (Å²) in [7, 11) is 0. The Morgan fingerprint density at radius 1 is 1.53 bits per heavy atom. The number of halogens is 1. The number of aryl methyl sites for hydroxylation is 1. The monoisotopic (exact) mass is 268 g/mol. The van der Waals surface area contributed by atoms with Gasteiger partial charge in [0, 0.05) is 4.47 Å². The Kier molecular flexibility index (Phi) is 2.83. The molecule has 0 aromatic heterocycles. The van der Waals surface area contributed by atoms with Crippen molar-refractivity contribution in [2.75, 3.05) is 0 Å². The van der Waals surface area contributed by atoms with Gasteiger partial charge in [0.15, 0.2) is 0 Å². The lowest BCUT2D eigenvalue weighted by Crippen LogP contribution is -2.14. The van der Waals surface area contributed by atoms with Gasteiger partial charge in [0.05, 0.1) is 5.92 Å². The predicted octanol–water partition coefficient (Wildman–Crippen LogP) is 3.34. The van der Waals surface area contributed by atoms with Gasteiger partial charge in [-0.2, -0.15) is 0 Å². The lowest BCUT2D eigenvalue weighted by molar-refractivity contribution is -0.139. The van der Waals surface area contributed by atoms with E-state index >= 15 is 0 Å². The van der Waals surface area contributed by atoms with Gasteiger partial charge in [-0.05, 0) is 42.9 Å². The Balaban J connectivity index is 2.37. The smallest absolute Gasteiger partial charge is 0.311 e. The van der Waals surface area contributed by atoms with Crippen molar-refractivity contribution in [1.82, 2.24) is 0 Å². The molecular formula is C12H13BrO2. The van der Waals surface area contributed by atoms with Crippen LogP contribution >= 0.6 is 15.9 Å². The van der Waals surface area contributed by atoms with Gasteiger partial charge >= 0.3 is 5.97 Å². The summed E-state index contributed by atoms with van der Waals surface area (Å²) in [6.45, 7) is 2.00. The van der Waals surface area contributed by atoms with E-state index < -0.39 is 5.97 Å². The lowest BCUT2D eigenvalue weighted by atomic mass is 9.94. The molecule has 1 aromatic carbocycles. The van der Waals surface area contributed by atoms with Crippen molar-refractivity contribution in [1.29, 1.82) is 0 Å². The Hall–Kier alpha value is -0.830. The van der Waals surface area contributed by atoms with E-state index in [1.165, 1.54) is 0 Å². The number of benzene rings is 1. The number of carbonyl (C=O) groups is 1. The topological polar surface area (TPSA) is 37.3 Å². The second-order valence-electron chi connectivity index (χ2n) is 4.18. The second kappa shape index (κ2) is 3.97. The maximum absolute atomic E-state index is 11.2. The average molecular weight is 269 g/mol. The molecule has 1 aliphatic carbocycles. The summed E-state index contributed by atoms with van der Waals surface area (Å²) in [6.07, 6.45) is 2.08. The largest absolute Gasteiger partial charge is 0.481 e. The van der Waals surface area contributed by atoms with Crippen molar-refractivity contribution in [2.24, 2.45) is 5.92 Å². The van der Waals surface area contributed by atoms with Gasteiger partial charge in [0.25, 0.3) is 0 Å². The van der Waals surface area contributed by atoms with Crippen molar-refractivity contribution >= 4 is 21.9 Å². The highest BCUT2D eigenvalue weighted by molar-refractivity contribution is 9.10. The highest BCUT2D eigenvalue weighted by Crippen LogP contribution is 2.44. The molecule has 0 radical (unpaired) electrons. The van der Waals surface area contributed by atoms with E-state index in [4.69, 9.17) is 0 Å². The molecule has 1 N–H and O–H groups in total. The van der Waals surface area contributed by atoms with Crippen LogP contribution in [0.4, 0.5) is 0 Å². The quantitative estimate of drug-likeness (QED) is 0.913. The fraction of sp³-hybridized carbons (Fsp3) is 0.417. The number of aliphatic carboxylic acids is 1.